The SMILES string of the molecule is CCCCCCCCCCCCCCCCCCN(CCCCCCCCCCCCCCCCCC)CCCC(=O)[O-].[K+]. The van der Waals surface area contributed by atoms with Crippen molar-refractivity contribution in [3.05, 3.63) is 0 Å². The quantitative estimate of drug-likeness (QED) is 0.0496. The predicted molar refractivity (Wildman–Crippen MR) is 190 cm³/mol. The summed E-state index contributed by atoms with van der Waals surface area (Å²) in [6, 6.07) is 0. The third-order valence-electron chi connectivity index (χ3n) is 9.51. The van der Waals surface area contributed by atoms with Crippen molar-refractivity contribution in [1.29, 1.82) is 0 Å². The molecule has 0 aromatic rings. The van der Waals surface area contributed by atoms with Gasteiger partial charge in [0.1, 0.15) is 0 Å². The zero-order chi connectivity index (χ0) is 31.3. The number of aliphatic carboxylic acids is 1. The summed E-state index contributed by atoms with van der Waals surface area (Å²) < 4.78 is 0. The van der Waals surface area contributed by atoms with Gasteiger partial charge < -0.3 is 14.8 Å². The standard InChI is InChI=1S/C40H81NO2.K/c1-3-5-7-9-11-13-15-17-19-21-23-25-27-29-31-33-37-41(39-35-36-40(42)43)38-34-32-30-28-26-24-22-20-18-16-14-12-10-8-6-4-2;/h3-39H2,1-2H3,(H,42,43);/q;+1/p-1. The number of carboxylic acids is 1. The van der Waals surface area contributed by atoms with Crippen molar-refractivity contribution in [3.8, 4) is 0 Å². The number of unbranched alkanes of at least 4 members (excludes halogenated alkanes) is 30. The maximum absolute atomic E-state index is 10.9. The van der Waals surface area contributed by atoms with Crippen LogP contribution in [0.3, 0.4) is 0 Å². The first-order valence-electron chi connectivity index (χ1n) is 20.1. The number of nitrogens with zero attached hydrogens (tertiary/aromatic N) is 1. The number of carboxylic acid groups (broad SMARTS) is 1. The molecule has 258 valence electrons. The maximum atomic E-state index is 10.9. The van der Waals surface area contributed by atoms with Crippen LogP contribution in [-0.2, 0) is 4.79 Å². The molecule has 0 unspecified atom stereocenters. The minimum Gasteiger partial charge on any atom is -0.550 e. The fraction of sp³-hybridized carbons (Fsp3) is 0.975. The molecular formula is C40H80KNO2. The van der Waals surface area contributed by atoms with Crippen molar-refractivity contribution >= 4 is 5.97 Å². The third kappa shape index (κ3) is 41.1. The number of carbonyl (C=O) groups excluding carboxylic acids is 1. The van der Waals surface area contributed by atoms with E-state index in [2.05, 4.69) is 18.7 Å². The average Bonchev–Trinajstić information content (AvgIpc) is 3.00. The van der Waals surface area contributed by atoms with Gasteiger partial charge in [-0.1, -0.05) is 206 Å². The molecular weight excluding hydrogens is 566 g/mol. The molecule has 0 rings (SSSR count). The summed E-state index contributed by atoms with van der Waals surface area (Å²) in [6.45, 7) is 7.80. The van der Waals surface area contributed by atoms with Crippen LogP contribution in [0.2, 0.25) is 0 Å². The van der Waals surface area contributed by atoms with Gasteiger partial charge in [0.2, 0.25) is 0 Å². The fourth-order valence-electron chi connectivity index (χ4n) is 6.55. The Morgan fingerprint density at radius 2 is 0.568 bits per heavy atom. The first kappa shape index (κ1) is 47.2. The molecule has 0 saturated heterocycles. The summed E-state index contributed by atoms with van der Waals surface area (Å²) in [5.74, 6) is -0.898. The van der Waals surface area contributed by atoms with Crippen LogP contribution < -0.4 is 56.5 Å². The summed E-state index contributed by atoms with van der Waals surface area (Å²) in [4.78, 5) is 13.4. The van der Waals surface area contributed by atoms with Gasteiger partial charge >= 0.3 is 51.4 Å². The molecule has 0 bridgehead atoms. The van der Waals surface area contributed by atoms with Crippen molar-refractivity contribution in [1.82, 2.24) is 4.90 Å². The molecule has 0 heterocycles. The van der Waals surface area contributed by atoms with Crippen LogP contribution in [0.25, 0.3) is 0 Å². The second-order valence-electron chi connectivity index (χ2n) is 13.9. The van der Waals surface area contributed by atoms with Gasteiger partial charge in [-0.25, -0.2) is 0 Å². The van der Waals surface area contributed by atoms with E-state index in [0.717, 1.165) is 26.1 Å². The molecule has 0 fully saturated rings. The summed E-state index contributed by atoms with van der Waals surface area (Å²) in [5.41, 5.74) is 0. The predicted octanol–water partition coefficient (Wildman–Crippen LogP) is 9.35. The van der Waals surface area contributed by atoms with Crippen LogP contribution in [0.4, 0.5) is 0 Å². The molecule has 44 heavy (non-hydrogen) atoms. The number of carbonyl (C=O) groups is 1. The van der Waals surface area contributed by atoms with Crippen LogP contribution in [0.5, 0.6) is 0 Å². The Hall–Kier alpha value is 1.07. The number of rotatable bonds is 38. The van der Waals surface area contributed by atoms with Gasteiger partial charge in [-0.2, -0.15) is 0 Å². The van der Waals surface area contributed by atoms with Gasteiger partial charge in [0.05, 0.1) is 0 Å². The second-order valence-corrected chi connectivity index (χ2v) is 13.9. The Kier molecular flexibility index (Phi) is 45.1. The van der Waals surface area contributed by atoms with Crippen molar-refractivity contribution < 1.29 is 61.3 Å². The Morgan fingerprint density at radius 3 is 0.795 bits per heavy atom. The van der Waals surface area contributed by atoms with Crippen LogP contribution in [0.15, 0.2) is 0 Å². The Bertz CT molecular complexity index is 494. The van der Waals surface area contributed by atoms with E-state index in [0.29, 0.717) is 0 Å². The molecule has 0 aromatic carbocycles. The molecule has 0 radical (unpaired) electrons. The Morgan fingerprint density at radius 1 is 0.364 bits per heavy atom. The van der Waals surface area contributed by atoms with Gasteiger partial charge in [-0.3, -0.25) is 0 Å². The van der Waals surface area contributed by atoms with E-state index in [1.807, 2.05) is 0 Å². The van der Waals surface area contributed by atoms with Crippen molar-refractivity contribution in [2.75, 3.05) is 19.6 Å². The minimum atomic E-state index is -0.898. The average molecular weight is 646 g/mol. The van der Waals surface area contributed by atoms with E-state index in [-0.39, 0.29) is 57.8 Å². The first-order chi connectivity index (χ1) is 21.2. The summed E-state index contributed by atoms with van der Waals surface area (Å²) in [6.07, 6.45) is 46.0. The zero-order valence-corrected chi connectivity index (χ0v) is 34.0. The molecule has 0 aliphatic heterocycles. The summed E-state index contributed by atoms with van der Waals surface area (Å²) in [5, 5.41) is 10.9. The molecule has 0 aliphatic rings. The minimum absolute atomic E-state index is 0. The van der Waals surface area contributed by atoms with E-state index >= 15 is 0 Å². The molecule has 0 aliphatic carbocycles. The van der Waals surface area contributed by atoms with Crippen molar-refractivity contribution in [2.24, 2.45) is 0 Å². The Balaban J connectivity index is 0. The molecule has 3 nitrogen and oxygen atoms in total. The van der Waals surface area contributed by atoms with Gasteiger partial charge in [0.25, 0.3) is 0 Å². The first-order valence-corrected chi connectivity index (χ1v) is 20.1. The fourth-order valence-corrected chi connectivity index (χ4v) is 6.55. The summed E-state index contributed by atoms with van der Waals surface area (Å²) in [7, 11) is 0. The smallest absolute Gasteiger partial charge is 0.550 e. The van der Waals surface area contributed by atoms with Crippen LogP contribution in [-0.4, -0.2) is 30.5 Å². The molecule has 4 heteroatoms. The van der Waals surface area contributed by atoms with E-state index in [1.54, 1.807) is 0 Å². The molecule has 0 saturated carbocycles. The van der Waals surface area contributed by atoms with Crippen molar-refractivity contribution in [3.63, 3.8) is 0 Å². The van der Waals surface area contributed by atoms with Crippen molar-refractivity contribution in [2.45, 2.75) is 232 Å². The molecule has 0 aromatic heterocycles. The van der Waals surface area contributed by atoms with Gasteiger partial charge in [-0.15, -0.1) is 0 Å². The number of hydrogen-bond donors (Lipinski definition) is 0. The topological polar surface area (TPSA) is 43.4 Å². The number of hydrogen-bond acceptors (Lipinski definition) is 3. The molecule has 0 atom stereocenters. The van der Waals surface area contributed by atoms with E-state index in [9.17, 15) is 9.90 Å². The van der Waals surface area contributed by atoms with Gasteiger partial charge in [0, 0.05) is 5.97 Å². The summed E-state index contributed by atoms with van der Waals surface area (Å²) >= 11 is 0. The normalized spacial score (nSPS) is 11.3. The Labute approximate surface area is 321 Å². The van der Waals surface area contributed by atoms with Crippen LogP contribution >= 0.6 is 0 Å². The molecule has 0 spiro atoms. The van der Waals surface area contributed by atoms with E-state index < -0.39 is 5.97 Å². The van der Waals surface area contributed by atoms with E-state index in [1.165, 1.54) is 205 Å². The maximum Gasteiger partial charge on any atom is 1.00 e. The van der Waals surface area contributed by atoms with Gasteiger partial charge in [-0.05, 0) is 45.3 Å². The molecule has 0 N–H and O–H groups in total. The van der Waals surface area contributed by atoms with Crippen LogP contribution in [0, 0.1) is 0 Å². The van der Waals surface area contributed by atoms with Crippen LogP contribution in [0.1, 0.15) is 232 Å². The second kappa shape index (κ2) is 42.1. The van der Waals surface area contributed by atoms with Gasteiger partial charge in [0.15, 0.2) is 0 Å². The third-order valence-corrected chi connectivity index (χ3v) is 9.51. The molecule has 0 amide bonds. The van der Waals surface area contributed by atoms with E-state index in [4.69, 9.17) is 0 Å². The largest absolute Gasteiger partial charge is 1.00 e. The zero-order valence-electron chi connectivity index (χ0n) is 30.9. The monoisotopic (exact) mass is 646 g/mol.